The number of rotatable bonds is 6. The Labute approximate surface area is 125 Å². The third kappa shape index (κ3) is 5.11. The largest absolute Gasteiger partial charge is 0.349 e. The van der Waals surface area contributed by atoms with E-state index >= 15 is 0 Å². The first-order valence-electron chi connectivity index (χ1n) is 6.16. The van der Waals surface area contributed by atoms with Crippen LogP contribution in [0.1, 0.15) is 32.6 Å². The lowest BCUT2D eigenvalue weighted by Crippen LogP contribution is -2.51. The van der Waals surface area contributed by atoms with E-state index in [1.54, 1.807) is 0 Å². The smallest absolute Gasteiger partial charge is 0.220 e. The minimum Gasteiger partial charge on any atom is -0.349 e. The highest BCUT2D eigenvalue weighted by molar-refractivity contribution is 9.09. The van der Waals surface area contributed by atoms with Crippen molar-refractivity contribution in [1.29, 1.82) is 0 Å². The number of nitrogens with one attached hydrogen (secondary N) is 1. The summed E-state index contributed by atoms with van der Waals surface area (Å²) in [7, 11) is 0. The highest BCUT2D eigenvalue weighted by Crippen LogP contribution is 2.26. The molecule has 0 atom stereocenters. The molecule has 1 fully saturated rings. The molecule has 0 aromatic carbocycles. The predicted molar refractivity (Wildman–Crippen MR) is 83.4 cm³/mol. The molecule has 0 saturated carbocycles. The van der Waals surface area contributed by atoms with Crippen LogP contribution in [0.25, 0.3) is 0 Å². The van der Waals surface area contributed by atoms with Gasteiger partial charge in [0.2, 0.25) is 5.91 Å². The standard InChI is InChI=1S/C12H21Br2NOS/c1-2-12(8-13,9-14)15-11(16)7-10-3-5-17-6-4-10/h10H,2-9H2,1H3,(H,15,16). The predicted octanol–water partition coefficient (Wildman–Crippen LogP) is 3.57. The molecular formula is C12H21Br2NOS. The molecule has 0 aromatic heterocycles. The fourth-order valence-electron chi connectivity index (χ4n) is 1.94. The Morgan fingerprint density at radius 2 is 1.94 bits per heavy atom. The van der Waals surface area contributed by atoms with Gasteiger partial charge in [0, 0.05) is 17.1 Å². The Hall–Kier alpha value is 0.780. The number of carbonyl (C=O) groups is 1. The lowest BCUT2D eigenvalue weighted by molar-refractivity contribution is -0.123. The minimum absolute atomic E-state index is 0.125. The van der Waals surface area contributed by atoms with Crippen molar-refractivity contribution in [2.75, 3.05) is 22.2 Å². The fourth-order valence-corrected chi connectivity index (χ4v) is 5.15. The molecule has 1 aliphatic rings. The molecule has 100 valence electrons. The normalized spacial score (nSPS) is 18.1. The van der Waals surface area contributed by atoms with Crippen LogP contribution < -0.4 is 5.32 Å². The first-order chi connectivity index (χ1) is 8.15. The van der Waals surface area contributed by atoms with E-state index in [4.69, 9.17) is 0 Å². The highest BCUT2D eigenvalue weighted by atomic mass is 79.9. The van der Waals surface area contributed by atoms with Gasteiger partial charge in [-0.3, -0.25) is 4.79 Å². The Morgan fingerprint density at radius 3 is 2.41 bits per heavy atom. The van der Waals surface area contributed by atoms with Gasteiger partial charge < -0.3 is 5.32 Å². The molecule has 0 radical (unpaired) electrons. The molecule has 0 aromatic rings. The first-order valence-corrected chi connectivity index (χ1v) is 9.56. The van der Waals surface area contributed by atoms with Crippen molar-refractivity contribution in [2.45, 2.75) is 38.1 Å². The molecule has 0 spiro atoms. The molecule has 0 aliphatic carbocycles. The summed E-state index contributed by atoms with van der Waals surface area (Å²) in [6.45, 7) is 2.11. The third-order valence-corrected chi connectivity index (χ3v) is 6.60. The summed E-state index contributed by atoms with van der Waals surface area (Å²) in [6.07, 6.45) is 4.03. The van der Waals surface area contributed by atoms with Crippen molar-refractivity contribution in [2.24, 2.45) is 5.92 Å². The van der Waals surface area contributed by atoms with Crippen LogP contribution in [0.4, 0.5) is 0 Å². The highest BCUT2D eigenvalue weighted by Gasteiger charge is 2.28. The van der Waals surface area contributed by atoms with Gasteiger partial charge in [-0.15, -0.1) is 0 Å². The van der Waals surface area contributed by atoms with Crippen LogP contribution in [0.15, 0.2) is 0 Å². The Morgan fingerprint density at radius 1 is 1.35 bits per heavy atom. The van der Waals surface area contributed by atoms with Crippen LogP contribution in [-0.2, 0) is 4.79 Å². The minimum atomic E-state index is -0.125. The van der Waals surface area contributed by atoms with Crippen molar-refractivity contribution in [3.8, 4) is 0 Å². The maximum Gasteiger partial charge on any atom is 0.220 e. The van der Waals surface area contributed by atoms with Crippen LogP contribution in [0.3, 0.4) is 0 Å². The Kier molecular flexibility index (Phi) is 7.50. The van der Waals surface area contributed by atoms with E-state index in [0.29, 0.717) is 12.3 Å². The molecule has 1 saturated heterocycles. The van der Waals surface area contributed by atoms with Crippen LogP contribution >= 0.6 is 43.6 Å². The van der Waals surface area contributed by atoms with Gasteiger partial charge in [0.15, 0.2) is 0 Å². The van der Waals surface area contributed by atoms with Gasteiger partial charge in [-0.2, -0.15) is 11.8 Å². The number of amides is 1. The van der Waals surface area contributed by atoms with Crippen LogP contribution in [-0.4, -0.2) is 33.6 Å². The maximum absolute atomic E-state index is 12.0. The van der Waals surface area contributed by atoms with Crippen LogP contribution in [0.5, 0.6) is 0 Å². The monoisotopic (exact) mass is 385 g/mol. The van der Waals surface area contributed by atoms with E-state index in [1.807, 2.05) is 11.8 Å². The summed E-state index contributed by atoms with van der Waals surface area (Å²) in [5.74, 6) is 3.24. The maximum atomic E-state index is 12.0. The van der Waals surface area contributed by atoms with E-state index in [0.717, 1.165) is 17.1 Å². The molecule has 2 nitrogen and oxygen atoms in total. The first kappa shape index (κ1) is 15.8. The number of thioether (sulfide) groups is 1. The summed E-state index contributed by atoms with van der Waals surface area (Å²) in [4.78, 5) is 12.0. The second-order valence-corrected chi connectivity index (χ2v) is 7.06. The number of halogens is 2. The van der Waals surface area contributed by atoms with Gasteiger partial charge >= 0.3 is 0 Å². The van der Waals surface area contributed by atoms with E-state index in [-0.39, 0.29) is 11.4 Å². The van der Waals surface area contributed by atoms with E-state index in [2.05, 4.69) is 44.1 Å². The van der Waals surface area contributed by atoms with Gasteiger partial charge in [-0.25, -0.2) is 0 Å². The van der Waals surface area contributed by atoms with Crippen molar-refractivity contribution in [1.82, 2.24) is 5.32 Å². The second kappa shape index (κ2) is 8.05. The molecule has 1 rings (SSSR count). The molecule has 1 N–H and O–H groups in total. The SMILES string of the molecule is CCC(CBr)(CBr)NC(=O)CC1CCSCC1. The summed E-state index contributed by atoms with van der Waals surface area (Å²) >= 11 is 9.00. The zero-order valence-corrected chi connectivity index (χ0v) is 14.3. The lowest BCUT2D eigenvalue weighted by Gasteiger charge is -2.31. The van der Waals surface area contributed by atoms with Crippen molar-refractivity contribution < 1.29 is 4.79 Å². The Bertz CT molecular complexity index is 232. The number of carbonyl (C=O) groups excluding carboxylic acids is 1. The second-order valence-electron chi connectivity index (χ2n) is 4.71. The van der Waals surface area contributed by atoms with Crippen molar-refractivity contribution in [3.63, 3.8) is 0 Å². The average molecular weight is 387 g/mol. The van der Waals surface area contributed by atoms with Gasteiger partial charge in [-0.05, 0) is 36.7 Å². The van der Waals surface area contributed by atoms with E-state index in [1.165, 1.54) is 24.3 Å². The summed E-state index contributed by atoms with van der Waals surface area (Å²) in [5.41, 5.74) is -0.125. The zero-order chi connectivity index (χ0) is 12.7. The van der Waals surface area contributed by atoms with Crippen molar-refractivity contribution in [3.05, 3.63) is 0 Å². The number of hydrogen-bond acceptors (Lipinski definition) is 2. The molecular weight excluding hydrogens is 366 g/mol. The van der Waals surface area contributed by atoms with E-state index in [9.17, 15) is 4.79 Å². The number of hydrogen-bond donors (Lipinski definition) is 1. The van der Waals surface area contributed by atoms with Crippen molar-refractivity contribution >= 4 is 49.5 Å². The van der Waals surface area contributed by atoms with Gasteiger partial charge in [0.25, 0.3) is 0 Å². The van der Waals surface area contributed by atoms with E-state index < -0.39 is 0 Å². The van der Waals surface area contributed by atoms with Crippen LogP contribution in [0, 0.1) is 5.92 Å². The lowest BCUT2D eigenvalue weighted by atomic mass is 9.96. The summed E-state index contributed by atoms with van der Waals surface area (Å²) in [6, 6.07) is 0. The quantitative estimate of drug-likeness (QED) is 0.707. The third-order valence-electron chi connectivity index (χ3n) is 3.41. The zero-order valence-electron chi connectivity index (χ0n) is 10.3. The van der Waals surface area contributed by atoms with Gasteiger partial charge in [0.1, 0.15) is 0 Å². The molecule has 1 aliphatic heterocycles. The molecule has 0 bridgehead atoms. The van der Waals surface area contributed by atoms with Gasteiger partial charge in [-0.1, -0.05) is 38.8 Å². The average Bonchev–Trinajstić information content (AvgIpc) is 2.37. The number of alkyl halides is 2. The fraction of sp³-hybridized carbons (Fsp3) is 0.917. The molecule has 1 heterocycles. The van der Waals surface area contributed by atoms with Crippen LogP contribution in [0.2, 0.25) is 0 Å². The summed E-state index contributed by atoms with van der Waals surface area (Å²) < 4.78 is 0. The van der Waals surface area contributed by atoms with Gasteiger partial charge in [0.05, 0.1) is 5.54 Å². The molecule has 1 amide bonds. The summed E-state index contributed by atoms with van der Waals surface area (Å²) in [5, 5.41) is 4.79. The molecule has 17 heavy (non-hydrogen) atoms. The molecule has 0 unspecified atom stereocenters. The Balaban J connectivity index is 2.41. The molecule has 5 heteroatoms. The topological polar surface area (TPSA) is 29.1 Å².